The quantitative estimate of drug-likeness (QED) is 0.843. The summed E-state index contributed by atoms with van der Waals surface area (Å²) >= 11 is 2.22. The van der Waals surface area contributed by atoms with Gasteiger partial charge in [-0.3, -0.25) is 4.79 Å². The Morgan fingerprint density at radius 1 is 1.44 bits per heavy atom. The van der Waals surface area contributed by atoms with Crippen molar-refractivity contribution in [2.24, 2.45) is 0 Å². The lowest BCUT2D eigenvalue weighted by atomic mass is 10.0. The molecular formula is C14H19IN2O. The van der Waals surface area contributed by atoms with Gasteiger partial charge in [0.25, 0.3) is 5.91 Å². The average molecular weight is 358 g/mol. The van der Waals surface area contributed by atoms with E-state index in [1.54, 1.807) is 0 Å². The summed E-state index contributed by atoms with van der Waals surface area (Å²) in [7, 11) is 1.89. The molecule has 1 unspecified atom stereocenters. The van der Waals surface area contributed by atoms with Gasteiger partial charge in [-0.15, -0.1) is 0 Å². The van der Waals surface area contributed by atoms with Gasteiger partial charge < -0.3 is 10.2 Å². The van der Waals surface area contributed by atoms with Crippen LogP contribution in [-0.4, -0.2) is 37.0 Å². The number of piperidine rings is 1. The van der Waals surface area contributed by atoms with Gasteiger partial charge in [0, 0.05) is 23.2 Å². The molecule has 1 aliphatic rings. The van der Waals surface area contributed by atoms with Crippen LogP contribution in [0.4, 0.5) is 0 Å². The van der Waals surface area contributed by atoms with Gasteiger partial charge in [-0.2, -0.15) is 0 Å². The van der Waals surface area contributed by atoms with E-state index in [4.69, 9.17) is 0 Å². The third kappa shape index (κ3) is 3.45. The lowest BCUT2D eigenvalue weighted by Gasteiger charge is -2.28. The summed E-state index contributed by atoms with van der Waals surface area (Å²) in [6, 6.07) is 8.20. The Hall–Kier alpha value is -0.620. The Morgan fingerprint density at radius 3 is 2.89 bits per heavy atom. The van der Waals surface area contributed by atoms with Crippen molar-refractivity contribution >= 4 is 28.5 Å². The lowest BCUT2D eigenvalue weighted by molar-refractivity contribution is 0.0774. The molecule has 2 rings (SSSR count). The van der Waals surface area contributed by atoms with E-state index in [-0.39, 0.29) is 5.91 Å². The fourth-order valence-corrected chi connectivity index (χ4v) is 2.95. The number of carbonyl (C=O) groups is 1. The molecule has 18 heavy (non-hydrogen) atoms. The first-order chi connectivity index (χ1) is 8.68. The van der Waals surface area contributed by atoms with Crippen LogP contribution in [0.2, 0.25) is 0 Å². The van der Waals surface area contributed by atoms with Crippen LogP contribution in [0.25, 0.3) is 0 Å². The van der Waals surface area contributed by atoms with Crippen molar-refractivity contribution in [1.82, 2.24) is 10.2 Å². The first-order valence-corrected chi connectivity index (χ1v) is 7.49. The molecule has 1 aromatic carbocycles. The number of rotatable bonds is 3. The number of amides is 1. The molecule has 1 saturated heterocycles. The fraction of sp³-hybridized carbons (Fsp3) is 0.500. The first kappa shape index (κ1) is 13.8. The van der Waals surface area contributed by atoms with Gasteiger partial charge >= 0.3 is 0 Å². The van der Waals surface area contributed by atoms with Crippen molar-refractivity contribution in [3.05, 3.63) is 33.4 Å². The van der Waals surface area contributed by atoms with Crippen molar-refractivity contribution in [3.63, 3.8) is 0 Å². The highest BCUT2D eigenvalue weighted by Crippen LogP contribution is 2.15. The molecule has 1 heterocycles. The van der Waals surface area contributed by atoms with Crippen LogP contribution in [0, 0.1) is 3.57 Å². The van der Waals surface area contributed by atoms with E-state index < -0.39 is 0 Å². The second-order valence-electron chi connectivity index (χ2n) is 4.81. The summed E-state index contributed by atoms with van der Waals surface area (Å²) in [6.07, 6.45) is 3.69. The Kier molecular flexibility index (Phi) is 5.00. The number of nitrogens with one attached hydrogen (secondary N) is 1. The number of halogens is 1. The van der Waals surface area contributed by atoms with Crippen molar-refractivity contribution in [3.8, 4) is 0 Å². The highest BCUT2D eigenvalue weighted by molar-refractivity contribution is 14.1. The topological polar surface area (TPSA) is 32.3 Å². The molecule has 1 aromatic rings. The van der Waals surface area contributed by atoms with Gasteiger partial charge in [-0.25, -0.2) is 0 Å². The highest BCUT2D eigenvalue weighted by Gasteiger charge is 2.19. The number of nitrogens with zero attached hydrogens (tertiary/aromatic N) is 1. The third-order valence-corrected chi connectivity index (χ3v) is 4.30. The van der Waals surface area contributed by atoms with Gasteiger partial charge in [0.05, 0.1) is 5.56 Å². The van der Waals surface area contributed by atoms with Crippen molar-refractivity contribution in [1.29, 1.82) is 0 Å². The van der Waals surface area contributed by atoms with Crippen LogP contribution in [0.1, 0.15) is 29.6 Å². The summed E-state index contributed by atoms with van der Waals surface area (Å²) in [4.78, 5) is 14.2. The molecule has 1 fully saturated rings. The van der Waals surface area contributed by atoms with E-state index in [0.717, 1.165) is 22.2 Å². The molecule has 0 aliphatic carbocycles. The first-order valence-electron chi connectivity index (χ1n) is 6.42. The molecule has 0 saturated carbocycles. The molecule has 0 spiro atoms. The average Bonchev–Trinajstić information content (AvgIpc) is 2.39. The smallest absolute Gasteiger partial charge is 0.254 e. The lowest BCUT2D eigenvalue weighted by Crippen LogP contribution is -2.44. The summed E-state index contributed by atoms with van der Waals surface area (Å²) < 4.78 is 1.02. The molecule has 3 nitrogen and oxygen atoms in total. The SMILES string of the molecule is CN(CC1CCCCN1)C(=O)c1ccccc1I. The Balaban J connectivity index is 1.98. The molecule has 0 aromatic heterocycles. The Morgan fingerprint density at radius 2 is 2.22 bits per heavy atom. The zero-order valence-electron chi connectivity index (χ0n) is 10.7. The van der Waals surface area contributed by atoms with E-state index in [1.807, 2.05) is 36.2 Å². The molecule has 1 aliphatic heterocycles. The summed E-state index contributed by atoms with van der Waals surface area (Å²) in [5.74, 6) is 0.118. The molecule has 0 radical (unpaired) electrons. The maximum Gasteiger partial charge on any atom is 0.254 e. The summed E-state index contributed by atoms with van der Waals surface area (Å²) in [5.41, 5.74) is 0.802. The number of likely N-dealkylation sites (N-methyl/N-ethyl adjacent to an activating group) is 1. The number of carbonyl (C=O) groups excluding carboxylic acids is 1. The zero-order valence-corrected chi connectivity index (χ0v) is 12.8. The van der Waals surface area contributed by atoms with Crippen molar-refractivity contribution in [2.75, 3.05) is 20.1 Å². The van der Waals surface area contributed by atoms with Crippen LogP contribution < -0.4 is 5.32 Å². The van der Waals surface area contributed by atoms with Crippen LogP contribution in [0.3, 0.4) is 0 Å². The van der Waals surface area contributed by atoms with Crippen LogP contribution in [-0.2, 0) is 0 Å². The van der Waals surface area contributed by atoms with Gasteiger partial charge in [-0.05, 0) is 54.1 Å². The normalized spacial score (nSPS) is 19.6. The third-order valence-electron chi connectivity index (χ3n) is 3.36. The molecule has 1 atom stereocenters. The van der Waals surface area contributed by atoms with Crippen molar-refractivity contribution < 1.29 is 4.79 Å². The highest BCUT2D eigenvalue weighted by atomic mass is 127. The number of hydrogen-bond donors (Lipinski definition) is 1. The number of hydrogen-bond acceptors (Lipinski definition) is 2. The van der Waals surface area contributed by atoms with E-state index in [9.17, 15) is 4.79 Å². The molecule has 0 bridgehead atoms. The summed E-state index contributed by atoms with van der Waals surface area (Å²) in [5, 5.41) is 3.48. The van der Waals surface area contributed by atoms with Crippen LogP contribution in [0.15, 0.2) is 24.3 Å². The maximum atomic E-state index is 12.3. The van der Waals surface area contributed by atoms with Crippen LogP contribution in [0.5, 0.6) is 0 Å². The zero-order chi connectivity index (χ0) is 13.0. The summed E-state index contributed by atoms with van der Waals surface area (Å²) in [6.45, 7) is 1.87. The van der Waals surface area contributed by atoms with E-state index in [2.05, 4.69) is 27.9 Å². The van der Waals surface area contributed by atoms with E-state index in [1.165, 1.54) is 19.3 Å². The Labute approximate surface area is 122 Å². The van der Waals surface area contributed by atoms with Crippen LogP contribution >= 0.6 is 22.6 Å². The predicted octanol–water partition coefficient (Wildman–Crippen LogP) is 2.51. The van der Waals surface area contributed by atoms with Gasteiger partial charge in [0.1, 0.15) is 0 Å². The fourth-order valence-electron chi connectivity index (χ4n) is 2.33. The molecule has 1 amide bonds. The standard InChI is InChI=1S/C14H19IN2O/c1-17(10-11-6-4-5-9-16-11)14(18)12-7-2-3-8-13(12)15/h2-3,7-8,11,16H,4-6,9-10H2,1H3. The van der Waals surface area contributed by atoms with Gasteiger partial charge in [0.15, 0.2) is 0 Å². The van der Waals surface area contributed by atoms with Gasteiger partial charge in [0.2, 0.25) is 0 Å². The van der Waals surface area contributed by atoms with Crippen molar-refractivity contribution in [2.45, 2.75) is 25.3 Å². The minimum atomic E-state index is 0.118. The molecule has 4 heteroatoms. The maximum absolute atomic E-state index is 12.3. The molecule has 1 N–H and O–H groups in total. The van der Waals surface area contributed by atoms with E-state index >= 15 is 0 Å². The minimum absolute atomic E-state index is 0.118. The predicted molar refractivity (Wildman–Crippen MR) is 81.8 cm³/mol. The minimum Gasteiger partial charge on any atom is -0.340 e. The largest absolute Gasteiger partial charge is 0.340 e. The van der Waals surface area contributed by atoms with E-state index in [0.29, 0.717) is 6.04 Å². The number of benzene rings is 1. The monoisotopic (exact) mass is 358 g/mol. The second-order valence-corrected chi connectivity index (χ2v) is 5.97. The molecular weight excluding hydrogens is 339 g/mol. The Bertz CT molecular complexity index is 416. The second kappa shape index (κ2) is 6.52. The molecule has 98 valence electrons. The van der Waals surface area contributed by atoms with Gasteiger partial charge in [-0.1, -0.05) is 18.6 Å².